The number of aliphatic carboxylic acids is 1. The van der Waals surface area contributed by atoms with E-state index < -0.39 is 27.6 Å². The third-order valence-electron chi connectivity index (χ3n) is 6.63. The van der Waals surface area contributed by atoms with Crippen LogP contribution in [0, 0.1) is 19.8 Å². The van der Waals surface area contributed by atoms with Gasteiger partial charge in [-0.15, -0.1) is 0 Å². The molecule has 5 N–H and O–H groups in total. The summed E-state index contributed by atoms with van der Waals surface area (Å²) in [5.41, 5.74) is -0.385. The number of nitrogens with one attached hydrogen (secondary N) is 4. The summed E-state index contributed by atoms with van der Waals surface area (Å²) in [6.07, 6.45) is 2.12. The summed E-state index contributed by atoms with van der Waals surface area (Å²) in [5, 5.41) is 20.3. The van der Waals surface area contributed by atoms with Gasteiger partial charge in [0.15, 0.2) is 5.71 Å². The van der Waals surface area contributed by atoms with Gasteiger partial charge in [0.25, 0.3) is 5.91 Å². The third-order valence-corrected chi connectivity index (χ3v) is 8.24. The van der Waals surface area contributed by atoms with Gasteiger partial charge < -0.3 is 25.6 Å². The average molecular weight is 557 g/mol. The number of unbranched alkanes of at least 4 members (excludes halogenated alkanes) is 1. The molecule has 13 heteroatoms. The maximum absolute atomic E-state index is 13.3. The lowest BCUT2D eigenvalue weighted by Gasteiger charge is -2.27. The number of fused-ring (bicyclic) bond motifs is 1. The Morgan fingerprint density at radius 2 is 1.90 bits per heavy atom. The highest BCUT2D eigenvalue weighted by Crippen LogP contribution is 2.24. The van der Waals surface area contributed by atoms with E-state index in [4.69, 9.17) is 4.84 Å². The Balaban J connectivity index is 1.38. The van der Waals surface area contributed by atoms with E-state index in [9.17, 15) is 23.1 Å². The highest BCUT2D eigenvalue weighted by atomic mass is 32.2. The number of aromatic nitrogens is 2. The number of amides is 1. The molecular weight excluding hydrogens is 524 g/mol. The van der Waals surface area contributed by atoms with Crippen molar-refractivity contribution in [2.45, 2.75) is 50.6 Å². The van der Waals surface area contributed by atoms with Gasteiger partial charge in [-0.1, -0.05) is 48.0 Å². The maximum atomic E-state index is 13.3. The van der Waals surface area contributed by atoms with E-state index in [2.05, 4.69) is 30.5 Å². The number of imidazole rings is 1. The predicted molar refractivity (Wildman–Crippen MR) is 146 cm³/mol. The number of nitrogens with zero attached hydrogens (tertiary/aromatic N) is 2. The van der Waals surface area contributed by atoms with Gasteiger partial charge in [0.2, 0.25) is 21.6 Å². The summed E-state index contributed by atoms with van der Waals surface area (Å²) in [5.74, 6) is -2.05. The van der Waals surface area contributed by atoms with E-state index in [-0.39, 0.29) is 23.1 Å². The van der Waals surface area contributed by atoms with Crippen LogP contribution in [0.25, 0.3) is 10.8 Å². The first-order valence-electron chi connectivity index (χ1n) is 12.5. The number of rotatable bonds is 12. The molecule has 0 radical (unpaired) electrons. The van der Waals surface area contributed by atoms with E-state index in [0.29, 0.717) is 29.7 Å². The summed E-state index contributed by atoms with van der Waals surface area (Å²) in [7, 11) is -4.35. The first kappa shape index (κ1) is 28.0. The number of aromatic amines is 1. The molecular formula is C26H32N6O6S. The molecule has 2 unspecified atom stereocenters. The fraction of sp³-hybridized carbons (Fsp3) is 0.385. The minimum absolute atomic E-state index is 0.0251. The van der Waals surface area contributed by atoms with Gasteiger partial charge >= 0.3 is 5.97 Å². The monoisotopic (exact) mass is 556 g/mol. The first-order chi connectivity index (χ1) is 18.5. The van der Waals surface area contributed by atoms with Crippen molar-refractivity contribution in [1.82, 2.24) is 20.0 Å². The lowest BCUT2D eigenvalue weighted by molar-refractivity contribution is -0.146. The molecule has 0 saturated heterocycles. The molecule has 2 aromatic carbocycles. The van der Waals surface area contributed by atoms with Crippen LogP contribution in [0.4, 0.5) is 5.95 Å². The number of carboxylic acids is 1. The first-order valence-corrected chi connectivity index (χ1v) is 14.0. The number of aryl methyl sites for hydroxylation is 2. The number of carboxylic acid groups (broad SMARTS) is 1. The summed E-state index contributed by atoms with van der Waals surface area (Å²) in [4.78, 5) is 37.8. The van der Waals surface area contributed by atoms with Crippen LogP contribution >= 0.6 is 0 Å². The quantitative estimate of drug-likeness (QED) is 0.167. The van der Waals surface area contributed by atoms with Crippen LogP contribution in [0.15, 0.2) is 52.5 Å². The number of oxime groups is 1. The molecule has 1 aliphatic heterocycles. The van der Waals surface area contributed by atoms with E-state index in [1.54, 1.807) is 36.4 Å². The molecule has 0 fully saturated rings. The van der Waals surface area contributed by atoms with Crippen LogP contribution in [0.1, 0.15) is 37.6 Å². The predicted octanol–water partition coefficient (Wildman–Crippen LogP) is 2.66. The van der Waals surface area contributed by atoms with Gasteiger partial charge in [0, 0.05) is 23.5 Å². The molecule has 39 heavy (non-hydrogen) atoms. The van der Waals surface area contributed by atoms with E-state index >= 15 is 0 Å². The third kappa shape index (κ3) is 6.37. The van der Waals surface area contributed by atoms with Crippen LogP contribution in [0.2, 0.25) is 0 Å². The van der Waals surface area contributed by atoms with Gasteiger partial charge in [-0.05, 0) is 45.1 Å². The summed E-state index contributed by atoms with van der Waals surface area (Å²) in [6.45, 7) is 5.80. The fourth-order valence-electron chi connectivity index (χ4n) is 4.32. The molecule has 0 saturated carbocycles. The number of H-pyrrole nitrogens is 1. The molecule has 4 rings (SSSR count). The Labute approximate surface area is 226 Å². The Kier molecular flexibility index (Phi) is 8.21. The number of benzene rings is 2. The number of anilines is 1. The normalized spacial score (nSPS) is 16.8. The van der Waals surface area contributed by atoms with E-state index in [1.807, 2.05) is 13.8 Å². The number of hydrogen-bond acceptors (Lipinski definition) is 8. The van der Waals surface area contributed by atoms with Gasteiger partial charge in [-0.3, -0.25) is 4.79 Å². The zero-order valence-electron chi connectivity index (χ0n) is 21.9. The second-order valence-electron chi connectivity index (χ2n) is 9.65. The van der Waals surface area contributed by atoms with Gasteiger partial charge in [0.1, 0.15) is 6.61 Å². The molecule has 0 bridgehead atoms. The Bertz CT molecular complexity index is 1490. The number of carbonyl (C=O) groups excluding carboxylic acids is 1. The standard InChI is InChI=1S/C26H32N6O6S/c1-16-17(2)29-25(28-16)27-14-7-6-10-19-15-38-31-22(19)23(33)30-26(3,24(34)35)32-39(36,37)21-13-8-11-18-9-4-5-12-20(18)21/h4-5,8-9,11-13,19,32H,6-7,10,14-15H2,1-3H3,(H,30,33)(H,34,35)(H2,27,28,29). The lowest BCUT2D eigenvalue weighted by atomic mass is 9.97. The van der Waals surface area contributed by atoms with Gasteiger partial charge in [-0.25, -0.2) is 18.2 Å². The highest BCUT2D eigenvalue weighted by Gasteiger charge is 2.42. The smallest absolute Gasteiger partial charge is 0.345 e. The van der Waals surface area contributed by atoms with Gasteiger partial charge in [0.05, 0.1) is 10.6 Å². The van der Waals surface area contributed by atoms with Crippen molar-refractivity contribution in [1.29, 1.82) is 0 Å². The summed E-state index contributed by atoms with van der Waals surface area (Å²) in [6, 6.07) is 11.5. The average Bonchev–Trinajstić information content (AvgIpc) is 3.48. The van der Waals surface area contributed by atoms with Gasteiger partial charge in [-0.2, -0.15) is 4.72 Å². The fourth-order valence-corrected chi connectivity index (χ4v) is 5.84. The van der Waals surface area contributed by atoms with Crippen molar-refractivity contribution in [3.05, 3.63) is 53.9 Å². The molecule has 1 amide bonds. The molecule has 12 nitrogen and oxygen atoms in total. The second-order valence-corrected chi connectivity index (χ2v) is 11.3. The van der Waals surface area contributed by atoms with Crippen molar-refractivity contribution in [3.63, 3.8) is 0 Å². The molecule has 2 heterocycles. The molecule has 0 spiro atoms. The number of hydrogen-bond donors (Lipinski definition) is 5. The zero-order chi connectivity index (χ0) is 28.2. The zero-order valence-corrected chi connectivity index (χ0v) is 22.8. The second kappa shape index (κ2) is 11.4. The number of sulfonamides is 1. The van der Waals surface area contributed by atoms with E-state index in [1.165, 1.54) is 6.07 Å². The van der Waals surface area contributed by atoms with Crippen LogP contribution in [-0.2, 0) is 24.4 Å². The van der Waals surface area contributed by atoms with Crippen molar-refractivity contribution < 1.29 is 28.0 Å². The van der Waals surface area contributed by atoms with Crippen molar-refractivity contribution in [2.24, 2.45) is 11.1 Å². The van der Waals surface area contributed by atoms with Crippen molar-refractivity contribution >= 4 is 44.3 Å². The largest absolute Gasteiger partial charge is 0.478 e. The Morgan fingerprint density at radius 3 is 2.62 bits per heavy atom. The van der Waals surface area contributed by atoms with Crippen LogP contribution in [0.5, 0.6) is 0 Å². The van der Waals surface area contributed by atoms with Crippen LogP contribution in [-0.4, -0.2) is 59.9 Å². The summed E-state index contributed by atoms with van der Waals surface area (Å²) >= 11 is 0. The molecule has 208 valence electrons. The molecule has 1 aliphatic rings. The molecule has 1 aromatic heterocycles. The van der Waals surface area contributed by atoms with Crippen LogP contribution in [0.3, 0.4) is 0 Å². The number of carbonyl (C=O) groups is 2. The molecule has 3 aromatic rings. The Hall–Kier alpha value is -3.97. The van der Waals surface area contributed by atoms with E-state index in [0.717, 1.165) is 31.2 Å². The minimum atomic E-state index is -4.35. The Morgan fingerprint density at radius 1 is 1.15 bits per heavy atom. The topological polar surface area (TPSA) is 175 Å². The minimum Gasteiger partial charge on any atom is -0.478 e. The highest BCUT2D eigenvalue weighted by molar-refractivity contribution is 7.89. The molecule has 0 aliphatic carbocycles. The molecule has 2 atom stereocenters. The van der Waals surface area contributed by atoms with Crippen molar-refractivity contribution in [3.8, 4) is 0 Å². The van der Waals surface area contributed by atoms with Crippen molar-refractivity contribution in [2.75, 3.05) is 18.5 Å². The maximum Gasteiger partial charge on any atom is 0.345 e. The lowest BCUT2D eigenvalue weighted by Crippen LogP contribution is -2.64. The SMILES string of the molecule is Cc1nc(NCCCCC2CON=C2C(=O)NC(C)(NS(=O)(=O)c2cccc3ccccc23)C(=O)O)[nH]c1C. The van der Waals surface area contributed by atoms with Crippen LogP contribution < -0.4 is 15.4 Å². The summed E-state index contributed by atoms with van der Waals surface area (Å²) < 4.78 is 28.7.